The molecule has 0 N–H and O–H groups in total. The van der Waals surface area contributed by atoms with E-state index >= 15 is 0 Å². The molecule has 3 nitrogen and oxygen atoms in total. The molecular formula is C18H16F5N3Si. The van der Waals surface area contributed by atoms with Crippen LogP contribution < -0.4 is 5.32 Å². The van der Waals surface area contributed by atoms with E-state index in [9.17, 15) is 22.0 Å². The lowest BCUT2D eigenvalue weighted by Gasteiger charge is -2.17. The number of benzene rings is 2. The summed E-state index contributed by atoms with van der Waals surface area (Å²) >= 11 is 0. The van der Waals surface area contributed by atoms with Crippen molar-refractivity contribution in [1.29, 1.82) is 0 Å². The van der Waals surface area contributed by atoms with Crippen molar-refractivity contribution >= 4 is 13.4 Å². The summed E-state index contributed by atoms with van der Waals surface area (Å²) in [7, 11) is -2.34. The van der Waals surface area contributed by atoms with E-state index in [4.69, 9.17) is 0 Å². The molecule has 0 fully saturated rings. The fourth-order valence-corrected chi connectivity index (χ4v) is 3.98. The van der Waals surface area contributed by atoms with Crippen LogP contribution >= 0.6 is 0 Å². The lowest BCUT2D eigenvalue weighted by Crippen LogP contribution is -2.40. The molecule has 3 aromatic rings. The molecule has 142 valence electrons. The van der Waals surface area contributed by atoms with E-state index < -0.39 is 42.7 Å². The van der Waals surface area contributed by atoms with Gasteiger partial charge in [0.15, 0.2) is 23.3 Å². The number of aromatic nitrogens is 3. The van der Waals surface area contributed by atoms with Gasteiger partial charge in [-0.1, -0.05) is 42.6 Å². The molecule has 2 aromatic carbocycles. The lowest BCUT2D eigenvalue weighted by molar-refractivity contribution is 0.381. The van der Waals surface area contributed by atoms with Gasteiger partial charge < -0.3 is 0 Å². The summed E-state index contributed by atoms with van der Waals surface area (Å²) in [4.78, 5) is 0. The minimum absolute atomic E-state index is 0.217. The van der Waals surface area contributed by atoms with Crippen LogP contribution in [0.15, 0.2) is 24.3 Å². The fourth-order valence-electron chi connectivity index (χ4n) is 2.69. The molecule has 0 aliphatic rings. The minimum atomic E-state index is -2.34. The number of rotatable bonds is 3. The van der Waals surface area contributed by atoms with Crippen molar-refractivity contribution in [2.24, 2.45) is 0 Å². The zero-order valence-corrected chi connectivity index (χ0v) is 16.0. The fraction of sp³-hybridized carbons (Fsp3) is 0.222. The Balaban J connectivity index is 2.42. The highest BCUT2D eigenvalue weighted by atomic mass is 28.3. The van der Waals surface area contributed by atoms with Crippen LogP contribution in [0.3, 0.4) is 0 Å². The van der Waals surface area contributed by atoms with Gasteiger partial charge >= 0.3 is 0 Å². The molecule has 0 unspecified atom stereocenters. The van der Waals surface area contributed by atoms with Gasteiger partial charge in [-0.3, -0.25) is 0 Å². The smallest absolute Gasteiger partial charge is 0.200 e. The second-order valence-corrected chi connectivity index (χ2v) is 12.2. The first-order valence-corrected chi connectivity index (χ1v) is 11.6. The van der Waals surface area contributed by atoms with Crippen molar-refractivity contribution in [3.63, 3.8) is 0 Å². The number of halogens is 5. The normalized spacial score (nSPS) is 11.9. The van der Waals surface area contributed by atoms with Gasteiger partial charge in [0.2, 0.25) is 5.82 Å². The summed E-state index contributed by atoms with van der Waals surface area (Å²) < 4.78 is 71.3. The average Bonchev–Trinajstić information content (AvgIpc) is 3.04. The molecule has 0 bridgehead atoms. The van der Waals surface area contributed by atoms with E-state index in [0.29, 0.717) is 5.69 Å². The van der Waals surface area contributed by atoms with E-state index in [1.54, 1.807) is 24.3 Å². The molecule has 0 saturated heterocycles. The lowest BCUT2D eigenvalue weighted by atomic mass is 10.1. The van der Waals surface area contributed by atoms with Crippen LogP contribution in [0, 0.1) is 36.0 Å². The molecule has 0 aliphatic carbocycles. The van der Waals surface area contributed by atoms with E-state index in [1.807, 2.05) is 26.6 Å². The standard InChI is InChI=1S/C18H16F5N3Si/c1-9-5-7-10(8-6-9)26-17(18(24-25-26)27(2,3)4)11-12(19)14(21)16(23)15(22)13(11)20/h5-8H,1-4H3. The third-order valence-corrected chi connectivity index (χ3v) is 5.86. The van der Waals surface area contributed by atoms with Crippen LogP contribution in [0.2, 0.25) is 19.6 Å². The Morgan fingerprint density at radius 1 is 0.778 bits per heavy atom. The molecule has 9 heteroatoms. The molecular weight excluding hydrogens is 381 g/mol. The SMILES string of the molecule is Cc1ccc(-n2nnc([Si](C)(C)C)c2-c2c(F)c(F)c(F)c(F)c2F)cc1. The Morgan fingerprint density at radius 3 is 1.74 bits per heavy atom. The Morgan fingerprint density at radius 2 is 1.26 bits per heavy atom. The molecule has 0 atom stereocenters. The number of aryl methyl sites for hydroxylation is 1. The van der Waals surface area contributed by atoms with Gasteiger partial charge in [-0.2, -0.15) is 0 Å². The molecule has 0 saturated carbocycles. The second-order valence-electron chi connectivity index (χ2n) is 7.23. The van der Waals surface area contributed by atoms with Crippen molar-refractivity contribution in [3.05, 3.63) is 58.9 Å². The highest BCUT2D eigenvalue weighted by Gasteiger charge is 2.35. The van der Waals surface area contributed by atoms with Crippen molar-refractivity contribution in [1.82, 2.24) is 15.0 Å². The summed E-state index contributed by atoms with van der Waals surface area (Å²) in [6, 6.07) is 6.75. The van der Waals surface area contributed by atoms with E-state index in [1.165, 1.54) is 0 Å². The van der Waals surface area contributed by atoms with E-state index in [0.717, 1.165) is 10.2 Å². The summed E-state index contributed by atoms with van der Waals surface area (Å²) in [5, 5.41) is 8.22. The molecule has 0 radical (unpaired) electrons. The zero-order chi connectivity index (χ0) is 20.1. The van der Waals surface area contributed by atoms with Crippen molar-refractivity contribution in [2.45, 2.75) is 26.6 Å². The third-order valence-electron chi connectivity index (χ3n) is 4.11. The van der Waals surface area contributed by atoms with Crippen molar-refractivity contribution < 1.29 is 22.0 Å². The summed E-state index contributed by atoms with van der Waals surface area (Å²) in [6.45, 7) is 7.37. The quantitative estimate of drug-likeness (QED) is 0.282. The maximum absolute atomic E-state index is 14.5. The molecule has 0 amide bonds. The van der Waals surface area contributed by atoms with Crippen LogP contribution in [-0.2, 0) is 0 Å². The van der Waals surface area contributed by atoms with Crippen molar-refractivity contribution in [2.75, 3.05) is 0 Å². The second kappa shape index (κ2) is 6.56. The monoisotopic (exact) mass is 397 g/mol. The largest absolute Gasteiger partial charge is 0.213 e. The van der Waals surface area contributed by atoms with Gasteiger partial charge in [-0.15, -0.1) is 5.10 Å². The molecule has 1 heterocycles. The van der Waals surface area contributed by atoms with E-state index in [2.05, 4.69) is 10.3 Å². The number of nitrogens with zero attached hydrogens (tertiary/aromatic N) is 3. The molecule has 3 rings (SSSR count). The number of hydrogen-bond donors (Lipinski definition) is 0. The van der Waals surface area contributed by atoms with Gasteiger partial charge in [0, 0.05) is 0 Å². The Labute approximate surface area is 153 Å². The molecule has 0 aliphatic heterocycles. The van der Waals surface area contributed by atoms with Crippen LogP contribution in [0.25, 0.3) is 16.9 Å². The topological polar surface area (TPSA) is 30.7 Å². The van der Waals surface area contributed by atoms with Gasteiger partial charge in [-0.05, 0) is 19.1 Å². The zero-order valence-electron chi connectivity index (χ0n) is 15.0. The molecule has 0 spiro atoms. The highest BCUT2D eigenvalue weighted by Crippen LogP contribution is 2.32. The van der Waals surface area contributed by atoms with E-state index in [-0.39, 0.29) is 11.0 Å². The summed E-state index contributed by atoms with van der Waals surface area (Å²) in [5.41, 5.74) is 0.0961. The van der Waals surface area contributed by atoms with Gasteiger partial charge in [0.25, 0.3) is 0 Å². The van der Waals surface area contributed by atoms with Crippen LogP contribution in [0.1, 0.15) is 5.56 Å². The summed E-state index contributed by atoms with van der Waals surface area (Å²) in [6.07, 6.45) is 0. The Bertz CT molecular complexity index is 994. The van der Waals surface area contributed by atoms with Crippen LogP contribution in [0.5, 0.6) is 0 Å². The predicted octanol–water partition coefficient (Wildman–Crippen LogP) is 4.48. The predicted molar refractivity (Wildman–Crippen MR) is 94.3 cm³/mol. The van der Waals surface area contributed by atoms with Crippen molar-refractivity contribution in [3.8, 4) is 16.9 Å². The average molecular weight is 397 g/mol. The minimum Gasteiger partial charge on any atom is -0.213 e. The first-order valence-electron chi connectivity index (χ1n) is 8.09. The summed E-state index contributed by atoms with van der Waals surface area (Å²) in [5.74, 6) is -10.00. The molecule has 27 heavy (non-hydrogen) atoms. The number of hydrogen-bond acceptors (Lipinski definition) is 2. The highest BCUT2D eigenvalue weighted by molar-refractivity contribution is 6.89. The maximum Gasteiger partial charge on any atom is 0.200 e. The maximum atomic E-state index is 14.5. The van der Waals surface area contributed by atoms with Gasteiger partial charge in [0.1, 0.15) is 8.07 Å². The van der Waals surface area contributed by atoms with Crippen LogP contribution in [0.4, 0.5) is 22.0 Å². The van der Waals surface area contributed by atoms with Gasteiger partial charge in [-0.25, -0.2) is 26.6 Å². The first-order chi connectivity index (χ1) is 12.5. The third kappa shape index (κ3) is 3.16. The Kier molecular flexibility index (Phi) is 4.67. The molecule has 1 aromatic heterocycles. The first kappa shape index (κ1) is 19.2. The van der Waals surface area contributed by atoms with Crippen LogP contribution in [-0.4, -0.2) is 23.1 Å². The van der Waals surface area contributed by atoms with Gasteiger partial charge in [0.05, 0.1) is 22.3 Å². The Hall–Kier alpha value is -2.55.